The molecule has 0 unspecified atom stereocenters. The van der Waals surface area contributed by atoms with Crippen LogP contribution in [0.4, 0.5) is 13.2 Å². The standard InChI is InChI=1S/C16H12F3N5O/c17-16(18,19)11-3-1-2-9(4-11)10-5-24(6-10)15(25)13-12-14(22-7-20-12)23-8-21-13/h1-4,7-8,10H,5-6H2,(H,20,21,22,23). The highest BCUT2D eigenvalue weighted by Gasteiger charge is 2.36. The minimum absolute atomic E-state index is 0.120. The number of carbonyl (C=O) groups is 1. The summed E-state index contributed by atoms with van der Waals surface area (Å²) in [5.74, 6) is -0.412. The van der Waals surface area contributed by atoms with Crippen molar-refractivity contribution in [1.82, 2.24) is 24.8 Å². The smallest absolute Gasteiger partial charge is 0.341 e. The summed E-state index contributed by atoms with van der Waals surface area (Å²) in [5.41, 5.74) is 0.964. The summed E-state index contributed by atoms with van der Waals surface area (Å²) in [6.07, 6.45) is -1.68. The van der Waals surface area contributed by atoms with Crippen LogP contribution in [0, 0.1) is 0 Å². The van der Waals surface area contributed by atoms with Crippen LogP contribution in [0.5, 0.6) is 0 Å². The number of aromatic nitrogens is 4. The molecule has 1 aliphatic heterocycles. The fourth-order valence-corrected chi connectivity index (χ4v) is 2.90. The Kier molecular flexibility index (Phi) is 3.45. The number of hydrogen-bond acceptors (Lipinski definition) is 4. The predicted octanol–water partition coefficient (Wildman–Crippen LogP) is 2.61. The fraction of sp³-hybridized carbons (Fsp3) is 0.250. The van der Waals surface area contributed by atoms with Gasteiger partial charge in [-0.25, -0.2) is 15.0 Å². The van der Waals surface area contributed by atoms with Gasteiger partial charge < -0.3 is 9.88 Å². The largest absolute Gasteiger partial charge is 0.416 e. The van der Waals surface area contributed by atoms with Gasteiger partial charge in [-0.2, -0.15) is 13.2 Å². The molecule has 0 radical (unpaired) electrons. The van der Waals surface area contributed by atoms with E-state index in [1.807, 2.05) is 0 Å². The zero-order valence-corrected chi connectivity index (χ0v) is 12.8. The molecule has 0 bridgehead atoms. The van der Waals surface area contributed by atoms with E-state index in [4.69, 9.17) is 0 Å². The summed E-state index contributed by atoms with van der Waals surface area (Å²) >= 11 is 0. The molecule has 9 heteroatoms. The minimum Gasteiger partial charge on any atom is -0.341 e. The lowest BCUT2D eigenvalue weighted by atomic mass is 9.90. The molecule has 1 N–H and O–H groups in total. The van der Waals surface area contributed by atoms with E-state index in [1.165, 1.54) is 18.7 Å². The number of H-pyrrole nitrogens is 1. The summed E-state index contributed by atoms with van der Waals surface area (Å²) < 4.78 is 38.4. The molecule has 0 saturated carbocycles. The maximum absolute atomic E-state index is 12.8. The second kappa shape index (κ2) is 5.54. The molecule has 0 aliphatic carbocycles. The molecule has 0 atom stereocenters. The van der Waals surface area contributed by atoms with Gasteiger partial charge in [0, 0.05) is 19.0 Å². The van der Waals surface area contributed by atoms with E-state index in [2.05, 4.69) is 19.9 Å². The number of rotatable bonds is 2. The van der Waals surface area contributed by atoms with Crippen LogP contribution in [0.1, 0.15) is 27.5 Å². The van der Waals surface area contributed by atoms with Crippen molar-refractivity contribution in [3.05, 3.63) is 53.7 Å². The van der Waals surface area contributed by atoms with E-state index < -0.39 is 11.7 Å². The Morgan fingerprint density at radius 1 is 1.20 bits per heavy atom. The normalized spacial score (nSPS) is 15.4. The van der Waals surface area contributed by atoms with Crippen molar-refractivity contribution in [3.63, 3.8) is 0 Å². The number of aromatic amines is 1. The molecular formula is C16H12F3N5O. The molecule has 2 aromatic heterocycles. The molecule has 25 heavy (non-hydrogen) atoms. The van der Waals surface area contributed by atoms with Crippen molar-refractivity contribution >= 4 is 17.1 Å². The monoisotopic (exact) mass is 347 g/mol. The molecule has 1 amide bonds. The molecule has 1 saturated heterocycles. The highest BCUT2D eigenvalue weighted by molar-refractivity contribution is 6.02. The number of imidazole rings is 1. The lowest BCUT2D eigenvalue weighted by molar-refractivity contribution is -0.137. The highest BCUT2D eigenvalue weighted by Crippen LogP contribution is 2.34. The molecule has 6 nitrogen and oxygen atoms in total. The van der Waals surface area contributed by atoms with Gasteiger partial charge in [0.2, 0.25) is 0 Å². The van der Waals surface area contributed by atoms with Gasteiger partial charge in [-0.05, 0) is 11.6 Å². The lowest BCUT2D eigenvalue weighted by Gasteiger charge is -2.39. The summed E-state index contributed by atoms with van der Waals surface area (Å²) in [7, 11) is 0. The third-order valence-corrected chi connectivity index (χ3v) is 4.28. The number of nitrogens with zero attached hydrogens (tertiary/aromatic N) is 4. The number of hydrogen-bond donors (Lipinski definition) is 1. The van der Waals surface area contributed by atoms with Gasteiger partial charge in [-0.1, -0.05) is 18.2 Å². The number of halogens is 3. The second-order valence-electron chi connectivity index (χ2n) is 5.85. The lowest BCUT2D eigenvalue weighted by Crippen LogP contribution is -2.48. The topological polar surface area (TPSA) is 74.8 Å². The molecule has 1 aromatic carbocycles. The summed E-state index contributed by atoms with van der Waals surface area (Å²) in [5, 5.41) is 0. The Balaban J connectivity index is 1.51. The number of alkyl halides is 3. The van der Waals surface area contributed by atoms with Gasteiger partial charge in [0.25, 0.3) is 5.91 Å². The van der Waals surface area contributed by atoms with Gasteiger partial charge in [0.15, 0.2) is 11.3 Å². The molecule has 1 aliphatic rings. The van der Waals surface area contributed by atoms with Crippen molar-refractivity contribution in [1.29, 1.82) is 0 Å². The second-order valence-corrected chi connectivity index (χ2v) is 5.85. The Hall–Kier alpha value is -2.97. The van der Waals surface area contributed by atoms with Crippen LogP contribution in [0.25, 0.3) is 11.2 Å². The summed E-state index contributed by atoms with van der Waals surface area (Å²) in [4.78, 5) is 28.9. The fourth-order valence-electron chi connectivity index (χ4n) is 2.90. The highest BCUT2D eigenvalue weighted by atomic mass is 19.4. The van der Waals surface area contributed by atoms with Gasteiger partial charge in [-0.3, -0.25) is 4.79 Å². The van der Waals surface area contributed by atoms with Crippen LogP contribution in [-0.2, 0) is 6.18 Å². The minimum atomic E-state index is -4.37. The number of amides is 1. The molecule has 0 spiro atoms. The van der Waals surface area contributed by atoms with Crippen molar-refractivity contribution in [2.24, 2.45) is 0 Å². The van der Waals surface area contributed by atoms with Crippen molar-refractivity contribution in [2.45, 2.75) is 12.1 Å². The first-order chi connectivity index (χ1) is 11.9. The van der Waals surface area contributed by atoms with Crippen LogP contribution in [0.15, 0.2) is 36.9 Å². The quantitative estimate of drug-likeness (QED) is 0.773. The van der Waals surface area contributed by atoms with E-state index in [-0.39, 0.29) is 17.5 Å². The first-order valence-electron chi connectivity index (χ1n) is 7.54. The number of fused-ring (bicyclic) bond motifs is 1. The summed E-state index contributed by atoms with van der Waals surface area (Å²) in [6, 6.07) is 5.23. The zero-order chi connectivity index (χ0) is 17.6. The molecule has 4 rings (SSSR count). The van der Waals surface area contributed by atoms with E-state index >= 15 is 0 Å². The SMILES string of the molecule is O=C(c1ncnc2nc[nH]c12)N1CC(c2cccc(C(F)(F)F)c2)C1. The van der Waals surface area contributed by atoms with Crippen molar-refractivity contribution in [3.8, 4) is 0 Å². The molecule has 128 valence electrons. The average molecular weight is 347 g/mol. The van der Waals surface area contributed by atoms with Crippen molar-refractivity contribution in [2.75, 3.05) is 13.1 Å². The van der Waals surface area contributed by atoms with E-state index in [9.17, 15) is 18.0 Å². The maximum atomic E-state index is 12.8. The van der Waals surface area contributed by atoms with Crippen LogP contribution < -0.4 is 0 Å². The molecule has 1 fully saturated rings. The third kappa shape index (κ3) is 2.71. The zero-order valence-electron chi connectivity index (χ0n) is 12.8. The third-order valence-electron chi connectivity index (χ3n) is 4.28. The number of likely N-dealkylation sites (tertiary alicyclic amines) is 1. The van der Waals surface area contributed by atoms with Crippen LogP contribution in [-0.4, -0.2) is 43.8 Å². The molecule has 3 aromatic rings. The van der Waals surface area contributed by atoms with Gasteiger partial charge in [0.1, 0.15) is 11.8 Å². The van der Waals surface area contributed by atoms with E-state index in [1.54, 1.807) is 11.0 Å². The number of benzene rings is 1. The summed E-state index contributed by atoms with van der Waals surface area (Å²) in [6.45, 7) is 0.694. The number of carbonyl (C=O) groups excluding carboxylic acids is 1. The van der Waals surface area contributed by atoms with Gasteiger partial charge in [0.05, 0.1) is 11.9 Å². The van der Waals surface area contributed by atoms with E-state index in [0.29, 0.717) is 29.8 Å². The maximum Gasteiger partial charge on any atom is 0.416 e. The Bertz CT molecular complexity index is 946. The Morgan fingerprint density at radius 3 is 2.76 bits per heavy atom. The van der Waals surface area contributed by atoms with Crippen LogP contribution in [0.3, 0.4) is 0 Å². The van der Waals surface area contributed by atoms with Gasteiger partial charge in [-0.15, -0.1) is 0 Å². The van der Waals surface area contributed by atoms with E-state index in [0.717, 1.165) is 12.1 Å². The first kappa shape index (κ1) is 15.6. The number of nitrogens with one attached hydrogen (secondary N) is 1. The Labute approximate surface area is 139 Å². The van der Waals surface area contributed by atoms with Crippen LogP contribution in [0.2, 0.25) is 0 Å². The first-order valence-corrected chi connectivity index (χ1v) is 7.54. The van der Waals surface area contributed by atoms with Crippen molar-refractivity contribution < 1.29 is 18.0 Å². The Morgan fingerprint density at radius 2 is 2.00 bits per heavy atom. The van der Waals surface area contributed by atoms with Gasteiger partial charge >= 0.3 is 6.18 Å². The molecular weight excluding hydrogens is 335 g/mol. The average Bonchev–Trinajstić information content (AvgIpc) is 3.01. The molecule has 3 heterocycles. The predicted molar refractivity (Wildman–Crippen MR) is 81.8 cm³/mol. The van der Waals surface area contributed by atoms with Crippen LogP contribution >= 0.6 is 0 Å².